The molecule has 3 rings (SSSR count). The molecule has 32 heavy (non-hydrogen) atoms. The van der Waals surface area contributed by atoms with E-state index < -0.39 is 5.82 Å². The zero-order valence-corrected chi connectivity index (χ0v) is 19.5. The summed E-state index contributed by atoms with van der Waals surface area (Å²) in [4.78, 5) is 12.3. The van der Waals surface area contributed by atoms with Crippen LogP contribution in [0, 0.1) is 19.7 Å². The van der Waals surface area contributed by atoms with Gasteiger partial charge in [-0.1, -0.05) is 23.9 Å². The Bertz CT molecular complexity index is 1090. The minimum atomic E-state index is -0.394. The summed E-state index contributed by atoms with van der Waals surface area (Å²) in [5.41, 5.74) is 2.34. The van der Waals surface area contributed by atoms with E-state index >= 15 is 0 Å². The number of carbonyl (C=O) groups is 1. The molecule has 2 aromatic carbocycles. The number of hydrogen-bond acceptors (Lipinski definition) is 6. The molecule has 0 aliphatic heterocycles. The van der Waals surface area contributed by atoms with Crippen molar-refractivity contribution < 1.29 is 18.7 Å². The van der Waals surface area contributed by atoms with Crippen molar-refractivity contribution in [2.24, 2.45) is 0 Å². The van der Waals surface area contributed by atoms with Crippen molar-refractivity contribution in [1.82, 2.24) is 14.8 Å². The summed E-state index contributed by atoms with van der Waals surface area (Å²) in [5, 5.41) is 11.8. The lowest BCUT2D eigenvalue weighted by Crippen LogP contribution is -2.15. The monoisotopic (exact) mass is 458 g/mol. The highest BCUT2D eigenvalue weighted by molar-refractivity contribution is 7.99. The lowest BCUT2D eigenvalue weighted by molar-refractivity contribution is -0.113. The average Bonchev–Trinajstić information content (AvgIpc) is 3.16. The summed E-state index contributed by atoms with van der Waals surface area (Å²) in [6.45, 7) is 9.11. The van der Waals surface area contributed by atoms with E-state index in [4.69, 9.17) is 9.47 Å². The molecule has 0 unspecified atom stereocenters. The summed E-state index contributed by atoms with van der Waals surface area (Å²) < 4.78 is 26.9. The van der Waals surface area contributed by atoms with Gasteiger partial charge in [0.2, 0.25) is 5.91 Å². The Labute approximate surface area is 191 Å². The molecule has 1 aromatic heterocycles. The van der Waals surface area contributed by atoms with Gasteiger partial charge in [-0.3, -0.25) is 4.79 Å². The molecule has 0 saturated carbocycles. The lowest BCUT2D eigenvalue weighted by atomic mass is 10.2. The molecular weight excluding hydrogens is 431 g/mol. The van der Waals surface area contributed by atoms with Crippen LogP contribution in [-0.2, 0) is 17.9 Å². The van der Waals surface area contributed by atoms with Gasteiger partial charge < -0.3 is 19.4 Å². The van der Waals surface area contributed by atoms with Gasteiger partial charge in [-0.25, -0.2) is 4.39 Å². The summed E-state index contributed by atoms with van der Waals surface area (Å²) in [6.07, 6.45) is 0. The van der Waals surface area contributed by atoms with Crippen LogP contribution in [0.1, 0.15) is 30.8 Å². The molecule has 0 atom stereocenters. The third kappa shape index (κ3) is 6.00. The molecule has 1 N–H and O–H groups in total. The molecule has 0 radical (unpaired) electrons. The number of nitrogens with one attached hydrogen (secondary N) is 1. The van der Waals surface area contributed by atoms with E-state index in [0.29, 0.717) is 41.3 Å². The van der Waals surface area contributed by atoms with Crippen molar-refractivity contribution in [3.8, 4) is 11.5 Å². The maximum absolute atomic E-state index is 13.4. The Morgan fingerprint density at radius 1 is 1.09 bits per heavy atom. The molecule has 170 valence electrons. The van der Waals surface area contributed by atoms with Gasteiger partial charge in [0.1, 0.15) is 12.4 Å². The lowest BCUT2D eigenvalue weighted by Gasteiger charge is -2.13. The second-order valence-electron chi connectivity index (χ2n) is 7.11. The van der Waals surface area contributed by atoms with Gasteiger partial charge in [-0.2, -0.15) is 0 Å². The van der Waals surface area contributed by atoms with Crippen molar-refractivity contribution >= 4 is 23.4 Å². The number of rotatable bonds is 10. The number of halogens is 1. The number of nitrogens with zero attached hydrogens (tertiary/aromatic N) is 3. The van der Waals surface area contributed by atoms with Crippen LogP contribution in [0.4, 0.5) is 10.1 Å². The van der Waals surface area contributed by atoms with E-state index in [1.54, 1.807) is 6.07 Å². The van der Waals surface area contributed by atoms with Gasteiger partial charge in [0, 0.05) is 12.2 Å². The highest BCUT2D eigenvalue weighted by Crippen LogP contribution is 2.29. The van der Waals surface area contributed by atoms with Crippen molar-refractivity contribution in [2.45, 2.75) is 46.0 Å². The summed E-state index contributed by atoms with van der Waals surface area (Å²) >= 11 is 1.27. The Balaban J connectivity index is 1.62. The van der Waals surface area contributed by atoms with E-state index in [2.05, 4.69) is 15.5 Å². The van der Waals surface area contributed by atoms with Gasteiger partial charge in [-0.05, 0) is 63.1 Å². The number of amides is 1. The van der Waals surface area contributed by atoms with Crippen molar-refractivity contribution in [1.29, 1.82) is 0 Å². The molecule has 0 spiro atoms. The van der Waals surface area contributed by atoms with Crippen LogP contribution in [0.25, 0.3) is 0 Å². The quantitative estimate of drug-likeness (QED) is 0.441. The second-order valence-corrected chi connectivity index (χ2v) is 8.05. The molecule has 3 aromatic rings. The molecule has 0 aliphatic rings. The first-order chi connectivity index (χ1) is 15.4. The number of ether oxygens (including phenoxy) is 2. The molecule has 1 amide bonds. The highest BCUT2D eigenvalue weighted by Gasteiger charge is 2.15. The van der Waals surface area contributed by atoms with Crippen LogP contribution < -0.4 is 14.8 Å². The normalized spacial score (nSPS) is 10.8. The first-order valence-electron chi connectivity index (χ1n) is 10.4. The topological polar surface area (TPSA) is 78.3 Å². The SMILES string of the molecule is CCOc1cc(C)ccc1OCc1nnc(SCC(=O)Nc2cc(F)ccc2C)n1CC. The predicted molar refractivity (Wildman–Crippen MR) is 123 cm³/mol. The molecule has 0 aliphatic carbocycles. The summed E-state index contributed by atoms with van der Waals surface area (Å²) in [5.74, 6) is 1.47. The first kappa shape index (κ1) is 23.6. The number of benzene rings is 2. The fourth-order valence-corrected chi connectivity index (χ4v) is 3.86. The molecule has 9 heteroatoms. The molecule has 0 saturated heterocycles. The number of hydrogen-bond donors (Lipinski definition) is 1. The van der Waals surface area contributed by atoms with Crippen molar-refractivity contribution in [3.05, 3.63) is 59.2 Å². The highest BCUT2D eigenvalue weighted by atomic mass is 32.2. The fourth-order valence-electron chi connectivity index (χ4n) is 3.04. The van der Waals surface area contributed by atoms with Gasteiger partial charge >= 0.3 is 0 Å². The molecule has 7 nitrogen and oxygen atoms in total. The van der Waals surface area contributed by atoms with Crippen LogP contribution in [0.15, 0.2) is 41.6 Å². The summed E-state index contributed by atoms with van der Waals surface area (Å²) in [7, 11) is 0. The number of aromatic nitrogens is 3. The fraction of sp³-hybridized carbons (Fsp3) is 0.348. The third-order valence-corrected chi connectivity index (χ3v) is 5.64. The summed E-state index contributed by atoms with van der Waals surface area (Å²) in [6, 6.07) is 10.1. The Morgan fingerprint density at radius 2 is 1.91 bits per heavy atom. The second kappa shape index (κ2) is 11.0. The van der Waals surface area contributed by atoms with Crippen LogP contribution in [0.3, 0.4) is 0 Å². The van der Waals surface area contributed by atoms with Crippen LogP contribution in [0.2, 0.25) is 0 Å². The van der Waals surface area contributed by atoms with E-state index in [-0.39, 0.29) is 18.3 Å². The zero-order chi connectivity index (χ0) is 23.1. The Morgan fingerprint density at radius 3 is 2.66 bits per heavy atom. The van der Waals surface area contributed by atoms with Crippen molar-refractivity contribution in [3.63, 3.8) is 0 Å². The maximum atomic E-state index is 13.4. The predicted octanol–water partition coefficient (Wildman–Crippen LogP) is 4.76. The maximum Gasteiger partial charge on any atom is 0.234 e. The van der Waals surface area contributed by atoms with Crippen LogP contribution in [-0.4, -0.2) is 33.0 Å². The number of anilines is 1. The minimum absolute atomic E-state index is 0.126. The standard InChI is InChI=1S/C23H27FN4O3S/c1-5-28-21(13-31-19-10-7-15(3)11-20(19)30-6-2)26-27-23(28)32-14-22(29)25-18-12-17(24)9-8-16(18)4/h7-12H,5-6,13-14H2,1-4H3,(H,25,29). The largest absolute Gasteiger partial charge is 0.490 e. The third-order valence-electron chi connectivity index (χ3n) is 4.67. The number of aryl methyl sites for hydroxylation is 2. The van der Waals surface area contributed by atoms with Gasteiger partial charge in [-0.15, -0.1) is 10.2 Å². The van der Waals surface area contributed by atoms with Gasteiger partial charge in [0.15, 0.2) is 22.5 Å². The van der Waals surface area contributed by atoms with Crippen LogP contribution >= 0.6 is 11.8 Å². The zero-order valence-electron chi connectivity index (χ0n) is 18.6. The van der Waals surface area contributed by atoms with E-state index in [1.165, 1.54) is 23.9 Å². The van der Waals surface area contributed by atoms with E-state index in [1.807, 2.05) is 50.5 Å². The van der Waals surface area contributed by atoms with Crippen molar-refractivity contribution in [2.75, 3.05) is 17.7 Å². The molecular formula is C23H27FN4O3S. The molecule has 1 heterocycles. The molecule has 0 bridgehead atoms. The van der Waals surface area contributed by atoms with E-state index in [9.17, 15) is 9.18 Å². The number of carbonyl (C=O) groups excluding carboxylic acids is 1. The molecule has 0 fully saturated rings. The Kier molecular flexibility index (Phi) is 8.10. The van der Waals surface area contributed by atoms with Crippen LogP contribution in [0.5, 0.6) is 11.5 Å². The smallest absolute Gasteiger partial charge is 0.234 e. The van der Waals surface area contributed by atoms with Gasteiger partial charge in [0.05, 0.1) is 12.4 Å². The van der Waals surface area contributed by atoms with E-state index in [0.717, 1.165) is 11.1 Å². The minimum Gasteiger partial charge on any atom is -0.490 e. The number of thioether (sulfide) groups is 1. The average molecular weight is 459 g/mol. The Hall–Kier alpha value is -3.07. The first-order valence-corrected chi connectivity index (χ1v) is 11.4. The van der Waals surface area contributed by atoms with Gasteiger partial charge in [0.25, 0.3) is 0 Å².